The highest BCUT2D eigenvalue weighted by molar-refractivity contribution is 8.24. The van der Waals surface area contributed by atoms with Gasteiger partial charge in [-0.2, -0.15) is 0 Å². The van der Waals surface area contributed by atoms with Crippen LogP contribution in [0.4, 0.5) is 10.3 Å². The number of aromatic nitrogens is 1. The topological polar surface area (TPSA) is 119 Å². The minimum atomic E-state index is -3.54. The molecule has 0 saturated carbocycles. The lowest BCUT2D eigenvalue weighted by molar-refractivity contribution is -0.118. The molecule has 0 bridgehead atoms. The Labute approximate surface area is 147 Å². The van der Waals surface area contributed by atoms with Gasteiger partial charge < -0.3 is 9.63 Å². The van der Waals surface area contributed by atoms with Gasteiger partial charge in [0.15, 0.2) is 0 Å². The smallest absolute Gasteiger partial charge is 0.253 e. The van der Waals surface area contributed by atoms with E-state index >= 15 is 0 Å². The molecule has 4 N–H and O–H groups in total. The number of aliphatic hydroxyl groups excluding tert-OH is 1. The predicted octanol–water partition coefficient (Wildman–Crippen LogP) is 2.37. The van der Waals surface area contributed by atoms with Crippen LogP contribution < -0.4 is 5.32 Å². The molecule has 144 valence electrons. The average molecular weight is 379 g/mol. The molecule has 1 unspecified atom stereocenters. The fourth-order valence-corrected chi connectivity index (χ4v) is 4.04. The fraction of sp³-hybridized carbons (Fsp3) is 0.733. The molecule has 0 aromatic carbocycles. The minimum absolute atomic E-state index is 0.0367. The van der Waals surface area contributed by atoms with Gasteiger partial charge in [-0.1, -0.05) is 19.0 Å². The lowest BCUT2D eigenvalue weighted by Crippen LogP contribution is -2.47. The zero-order valence-electron chi connectivity index (χ0n) is 14.8. The number of alkyl halides is 1. The molecule has 1 aliphatic rings. The summed E-state index contributed by atoms with van der Waals surface area (Å²) in [5.41, 5.74) is -0.189. The van der Waals surface area contributed by atoms with E-state index in [0.29, 0.717) is 5.69 Å². The van der Waals surface area contributed by atoms with E-state index in [9.17, 15) is 23.4 Å². The number of nitrogens with one attached hydrogen (secondary N) is 1. The van der Waals surface area contributed by atoms with E-state index in [4.69, 9.17) is 4.52 Å². The molecule has 1 aliphatic heterocycles. The third kappa shape index (κ3) is 3.82. The molecule has 2 rings (SSSR count). The van der Waals surface area contributed by atoms with Gasteiger partial charge in [0.2, 0.25) is 5.88 Å². The van der Waals surface area contributed by atoms with Gasteiger partial charge in [-0.15, -0.1) is 10.8 Å². The molecular formula is C15H26FN3O5S. The standard InChI is InChI=1S/C15H26FN3O5S/c1-14(2,9-20)11-7-12(24-18-11)17-13(21)15(3,4)25(22,23)19-6-5-10(16)8-19/h7,10,20,22-23H,5-6,8-9H2,1-4H3,(H,17,21). The maximum absolute atomic E-state index is 13.4. The van der Waals surface area contributed by atoms with Crippen LogP contribution in [0.1, 0.15) is 39.8 Å². The van der Waals surface area contributed by atoms with Crippen LogP contribution in [0.5, 0.6) is 0 Å². The van der Waals surface area contributed by atoms with Gasteiger partial charge in [0, 0.05) is 24.6 Å². The molecule has 0 spiro atoms. The molecule has 1 saturated heterocycles. The van der Waals surface area contributed by atoms with Gasteiger partial charge in [-0.3, -0.25) is 19.2 Å². The zero-order chi connectivity index (χ0) is 19.0. The molecule has 2 heterocycles. The van der Waals surface area contributed by atoms with Gasteiger partial charge in [0.1, 0.15) is 10.9 Å². The molecule has 1 aromatic heterocycles. The van der Waals surface area contributed by atoms with Crippen LogP contribution >= 0.6 is 10.8 Å². The molecule has 1 fully saturated rings. The molecule has 25 heavy (non-hydrogen) atoms. The van der Waals surface area contributed by atoms with Crippen LogP contribution in [-0.4, -0.2) is 60.2 Å². The summed E-state index contributed by atoms with van der Waals surface area (Å²) in [5, 5.41) is 15.6. The van der Waals surface area contributed by atoms with E-state index in [1.54, 1.807) is 13.8 Å². The van der Waals surface area contributed by atoms with E-state index in [1.165, 1.54) is 24.2 Å². The highest BCUT2D eigenvalue weighted by Crippen LogP contribution is 2.56. The Morgan fingerprint density at radius 3 is 2.64 bits per heavy atom. The van der Waals surface area contributed by atoms with Crippen molar-refractivity contribution in [3.63, 3.8) is 0 Å². The fourth-order valence-electron chi connectivity index (χ4n) is 2.36. The first-order valence-electron chi connectivity index (χ1n) is 7.98. The average Bonchev–Trinajstić information content (AvgIpc) is 3.16. The molecular weight excluding hydrogens is 353 g/mol. The van der Waals surface area contributed by atoms with Crippen LogP contribution in [0, 0.1) is 0 Å². The van der Waals surface area contributed by atoms with Crippen LogP contribution in [0.2, 0.25) is 0 Å². The van der Waals surface area contributed by atoms with Gasteiger partial charge in [0.05, 0.1) is 12.3 Å². The maximum atomic E-state index is 13.4. The number of rotatable bonds is 6. The van der Waals surface area contributed by atoms with Crippen LogP contribution in [0.3, 0.4) is 0 Å². The van der Waals surface area contributed by atoms with E-state index in [-0.39, 0.29) is 32.0 Å². The van der Waals surface area contributed by atoms with Crippen molar-refractivity contribution in [2.75, 3.05) is 25.0 Å². The molecule has 0 aliphatic carbocycles. The van der Waals surface area contributed by atoms with Crippen molar-refractivity contribution in [1.82, 2.24) is 9.46 Å². The summed E-state index contributed by atoms with van der Waals surface area (Å²) < 4.78 is 39.2. The third-order valence-electron chi connectivity index (χ3n) is 4.52. The number of halogens is 1. The highest BCUT2D eigenvalue weighted by atomic mass is 32.3. The first-order chi connectivity index (χ1) is 11.4. The number of amides is 1. The summed E-state index contributed by atoms with van der Waals surface area (Å²) in [6.07, 6.45) is -0.933. The van der Waals surface area contributed by atoms with Crippen molar-refractivity contribution in [3.8, 4) is 0 Å². The lowest BCUT2D eigenvalue weighted by atomic mass is 9.91. The lowest BCUT2D eigenvalue weighted by Gasteiger charge is -2.50. The SMILES string of the molecule is CC(C)(CO)c1cc(NC(=O)C(C)(C)S(O)(O)N2CCC(F)C2)on1. The predicted molar refractivity (Wildman–Crippen MR) is 93.3 cm³/mol. The van der Waals surface area contributed by atoms with E-state index < -0.39 is 33.0 Å². The number of hydrogen-bond acceptors (Lipinski definition) is 7. The Hall–Kier alpha value is -1.20. The monoisotopic (exact) mass is 379 g/mol. The van der Waals surface area contributed by atoms with E-state index in [0.717, 1.165) is 0 Å². The van der Waals surface area contributed by atoms with Gasteiger partial charge in [0.25, 0.3) is 5.91 Å². The normalized spacial score (nSPS) is 20.7. The molecule has 1 aromatic rings. The van der Waals surface area contributed by atoms with Gasteiger partial charge >= 0.3 is 0 Å². The van der Waals surface area contributed by atoms with Crippen LogP contribution in [-0.2, 0) is 10.2 Å². The molecule has 10 heteroatoms. The molecule has 0 radical (unpaired) electrons. The Kier molecular flexibility index (Phi) is 5.50. The number of nitrogens with zero attached hydrogens (tertiary/aromatic N) is 2. The van der Waals surface area contributed by atoms with Crippen LogP contribution in [0.15, 0.2) is 10.6 Å². The number of carbonyl (C=O) groups is 1. The first-order valence-corrected chi connectivity index (χ1v) is 9.48. The second kappa shape index (κ2) is 6.84. The van der Waals surface area contributed by atoms with Gasteiger partial charge in [-0.25, -0.2) is 8.70 Å². The van der Waals surface area contributed by atoms with Crippen molar-refractivity contribution in [3.05, 3.63) is 11.8 Å². The van der Waals surface area contributed by atoms with Crippen molar-refractivity contribution < 1.29 is 27.9 Å². The molecule has 1 atom stereocenters. The molecule has 8 nitrogen and oxygen atoms in total. The quantitative estimate of drug-likeness (QED) is 0.599. The van der Waals surface area contributed by atoms with Crippen molar-refractivity contribution >= 4 is 22.6 Å². The number of anilines is 1. The molecule has 1 amide bonds. The van der Waals surface area contributed by atoms with Crippen molar-refractivity contribution in [2.24, 2.45) is 0 Å². The Balaban J connectivity index is 2.13. The summed E-state index contributed by atoms with van der Waals surface area (Å²) in [7, 11) is -3.54. The Morgan fingerprint density at radius 1 is 1.48 bits per heavy atom. The minimum Gasteiger partial charge on any atom is -0.395 e. The Morgan fingerprint density at radius 2 is 2.12 bits per heavy atom. The Bertz CT molecular complexity index is 634. The van der Waals surface area contributed by atoms with Crippen LogP contribution in [0.25, 0.3) is 0 Å². The summed E-state index contributed by atoms with van der Waals surface area (Å²) in [6.45, 7) is 6.21. The zero-order valence-corrected chi connectivity index (χ0v) is 15.6. The second-order valence-corrected chi connectivity index (χ2v) is 9.95. The summed E-state index contributed by atoms with van der Waals surface area (Å²) in [5.74, 6) is -0.645. The van der Waals surface area contributed by atoms with Gasteiger partial charge in [-0.05, 0) is 20.3 Å². The summed E-state index contributed by atoms with van der Waals surface area (Å²) >= 11 is 0. The largest absolute Gasteiger partial charge is 0.395 e. The number of carbonyl (C=O) groups excluding carboxylic acids is 1. The summed E-state index contributed by atoms with van der Waals surface area (Å²) in [4.78, 5) is 12.6. The highest BCUT2D eigenvalue weighted by Gasteiger charge is 2.47. The summed E-state index contributed by atoms with van der Waals surface area (Å²) in [6, 6.07) is 1.48. The number of aliphatic hydroxyl groups is 1. The first kappa shape index (κ1) is 20.1. The number of hydrogen-bond donors (Lipinski definition) is 4. The van der Waals surface area contributed by atoms with E-state index in [2.05, 4.69) is 10.5 Å². The van der Waals surface area contributed by atoms with Crippen molar-refractivity contribution in [1.29, 1.82) is 0 Å². The second-order valence-electron chi connectivity index (χ2n) is 7.38. The van der Waals surface area contributed by atoms with Crippen molar-refractivity contribution in [2.45, 2.75) is 50.4 Å². The third-order valence-corrected chi connectivity index (χ3v) is 7.13. The maximum Gasteiger partial charge on any atom is 0.253 e. The van der Waals surface area contributed by atoms with E-state index in [1.807, 2.05) is 0 Å².